The molecule has 0 saturated heterocycles. The van der Waals surface area contributed by atoms with E-state index in [1.54, 1.807) is 25.3 Å². The highest BCUT2D eigenvalue weighted by molar-refractivity contribution is 7.80. The summed E-state index contributed by atoms with van der Waals surface area (Å²) in [6.07, 6.45) is 0.524. The van der Waals surface area contributed by atoms with E-state index in [0.29, 0.717) is 41.0 Å². The summed E-state index contributed by atoms with van der Waals surface area (Å²) < 4.78 is 5.27. The predicted molar refractivity (Wildman–Crippen MR) is 121 cm³/mol. The fourth-order valence-corrected chi connectivity index (χ4v) is 3.43. The SMILES string of the molecule is COc1ccc2[nH]c(=O)c(CN(CCCO)C(=S)Nc3cccc(Cl)c3)cc2c1. The molecule has 1 heterocycles. The van der Waals surface area contributed by atoms with Gasteiger partial charge in [0.25, 0.3) is 5.56 Å². The molecule has 29 heavy (non-hydrogen) atoms. The highest BCUT2D eigenvalue weighted by atomic mass is 35.5. The highest BCUT2D eigenvalue weighted by Gasteiger charge is 2.14. The van der Waals surface area contributed by atoms with Crippen LogP contribution in [0.1, 0.15) is 12.0 Å². The van der Waals surface area contributed by atoms with E-state index in [1.807, 2.05) is 35.2 Å². The van der Waals surface area contributed by atoms with Crippen LogP contribution in [0.15, 0.2) is 53.3 Å². The Hall–Kier alpha value is -2.61. The minimum Gasteiger partial charge on any atom is -0.497 e. The minimum atomic E-state index is -0.178. The van der Waals surface area contributed by atoms with Crippen molar-refractivity contribution in [1.82, 2.24) is 9.88 Å². The van der Waals surface area contributed by atoms with Crippen molar-refractivity contribution in [3.63, 3.8) is 0 Å². The zero-order valence-corrected chi connectivity index (χ0v) is 17.5. The van der Waals surface area contributed by atoms with E-state index in [4.69, 9.17) is 28.6 Å². The standard InChI is InChI=1S/C21H22ClN3O3S/c1-28-18-6-7-19-14(11-18)10-15(20(27)24-19)13-25(8-3-9-26)21(29)23-17-5-2-4-16(22)12-17/h2,4-7,10-12,26H,3,8-9,13H2,1H3,(H,23,29)(H,24,27). The summed E-state index contributed by atoms with van der Waals surface area (Å²) in [6, 6.07) is 14.6. The van der Waals surface area contributed by atoms with Crippen molar-refractivity contribution in [3.05, 3.63) is 69.5 Å². The third-order valence-corrected chi connectivity index (χ3v) is 5.03. The number of aliphatic hydroxyl groups excluding tert-OH is 1. The van der Waals surface area contributed by atoms with E-state index in [-0.39, 0.29) is 12.2 Å². The molecule has 3 aromatic rings. The van der Waals surface area contributed by atoms with Gasteiger partial charge in [-0.25, -0.2) is 0 Å². The number of methoxy groups -OCH3 is 1. The molecule has 3 N–H and O–H groups in total. The van der Waals surface area contributed by atoms with Crippen LogP contribution in [0.5, 0.6) is 5.75 Å². The van der Waals surface area contributed by atoms with Crippen LogP contribution in [0.4, 0.5) is 5.69 Å². The number of pyridine rings is 1. The van der Waals surface area contributed by atoms with Gasteiger partial charge in [0, 0.05) is 40.3 Å². The number of nitrogens with zero attached hydrogens (tertiary/aromatic N) is 1. The normalized spacial score (nSPS) is 10.7. The van der Waals surface area contributed by atoms with Gasteiger partial charge in [-0.05, 0) is 61.1 Å². The Labute approximate surface area is 179 Å². The van der Waals surface area contributed by atoms with Crippen molar-refractivity contribution in [2.45, 2.75) is 13.0 Å². The molecule has 0 atom stereocenters. The number of aromatic nitrogens is 1. The van der Waals surface area contributed by atoms with Gasteiger partial charge < -0.3 is 25.0 Å². The van der Waals surface area contributed by atoms with Crippen LogP contribution in [0.25, 0.3) is 10.9 Å². The highest BCUT2D eigenvalue weighted by Crippen LogP contribution is 2.20. The lowest BCUT2D eigenvalue weighted by Gasteiger charge is -2.25. The molecule has 8 heteroatoms. The summed E-state index contributed by atoms with van der Waals surface area (Å²) in [6.45, 7) is 0.828. The Morgan fingerprint density at radius 1 is 1.28 bits per heavy atom. The molecule has 0 spiro atoms. The molecule has 1 aromatic heterocycles. The molecule has 0 unspecified atom stereocenters. The average Bonchev–Trinajstić information content (AvgIpc) is 2.71. The summed E-state index contributed by atoms with van der Waals surface area (Å²) in [5.41, 5.74) is 1.89. The summed E-state index contributed by atoms with van der Waals surface area (Å²) in [4.78, 5) is 17.3. The first-order valence-corrected chi connectivity index (χ1v) is 9.91. The van der Waals surface area contributed by atoms with E-state index in [1.165, 1.54) is 0 Å². The number of aliphatic hydroxyl groups is 1. The number of hydrogen-bond acceptors (Lipinski definition) is 4. The van der Waals surface area contributed by atoms with Crippen molar-refractivity contribution in [2.24, 2.45) is 0 Å². The van der Waals surface area contributed by atoms with Crippen molar-refractivity contribution < 1.29 is 9.84 Å². The Kier molecular flexibility index (Phi) is 7.09. The maximum absolute atomic E-state index is 12.6. The quantitative estimate of drug-likeness (QED) is 0.494. The van der Waals surface area contributed by atoms with Crippen LogP contribution in [-0.4, -0.2) is 40.4 Å². The van der Waals surface area contributed by atoms with Crippen LogP contribution < -0.4 is 15.6 Å². The summed E-state index contributed by atoms with van der Waals surface area (Å²) in [5.74, 6) is 0.714. The molecule has 0 aliphatic carbocycles. The number of halogens is 1. The number of benzene rings is 2. The molecular weight excluding hydrogens is 410 g/mol. The first-order chi connectivity index (χ1) is 14.0. The van der Waals surface area contributed by atoms with Gasteiger partial charge in [-0.2, -0.15) is 0 Å². The fourth-order valence-electron chi connectivity index (χ4n) is 2.96. The van der Waals surface area contributed by atoms with E-state index in [0.717, 1.165) is 16.6 Å². The van der Waals surface area contributed by atoms with Crippen LogP contribution in [0.2, 0.25) is 5.02 Å². The first kappa shape index (κ1) is 21.1. The Morgan fingerprint density at radius 3 is 2.83 bits per heavy atom. The Balaban J connectivity index is 1.86. The topological polar surface area (TPSA) is 77.6 Å². The van der Waals surface area contributed by atoms with Crippen LogP contribution in [0.3, 0.4) is 0 Å². The third-order valence-electron chi connectivity index (χ3n) is 4.44. The second-order valence-corrected chi connectivity index (χ2v) is 7.34. The first-order valence-electron chi connectivity index (χ1n) is 9.12. The Bertz CT molecular complexity index is 1070. The molecule has 0 amide bonds. The smallest absolute Gasteiger partial charge is 0.253 e. The second-order valence-electron chi connectivity index (χ2n) is 6.52. The maximum Gasteiger partial charge on any atom is 0.253 e. The number of fused-ring (bicyclic) bond motifs is 1. The molecule has 0 aliphatic rings. The fraction of sp³-hybridized carbons (Fsp3) is 0.238. The number of rotatable bonds is 7. The molecule has 6 nitrogen and oxygen atoms in total. The van der Waals surface area contributed by atoms with Gasteiger partial charge in [0.1, 0.15) is 5.75 Å². The lowest BCUT2D eigenvalue weighted by molar-refractivity contribution is 0.266. The van der Waals surface area contributed by atoms with Gasteiger partial charge in [0.05, 0.1) is 13.7 Å². The van der Waals surface area contributed by atoms with Crippen LogP contribution in [-0.2, 0) is 6.54 Å². The Morgan fingerprint density at radius 2 is 2.10 bits per heavy atom. The van der Waals surface area contributed by atoms with Gasteiger partial charge in [0.15, 0.2) is 5.11 Å². The number of nitrogens with one attached hydrogen (secondary N) is 2. The number of hydrogen-bond donors (Lipinski definition) is 3. The summed E-state index contributed by atoms with van der Waals surface area (Å²) in [5, 5.41) is 14.3. The summed E-state index contributed by atoms with van der Waals surface area (Å²) in [7, 11) is 1.60. The zero-order valence-electron chi connectivity index (χ0n) is 15.9. The van der Waals surface area contributed by atoms with Crippen LogP contribution >= 0.6 is 23.8 Å². The lowest BCUT2D eigenvalue weighted by Crippen LogP contribution is -2.37. The number of thiocarbonyl (C=S) groups is 1. The van der Waals surface area contributed by atoms with E-state index < -0.39 is 0 Å². The number of anilines is 1. The molecule has 0 radical (unpaired) electrons. The average molecular weight is 432 g/mol. The molecule has 0 aliphatic heterocycles. The second kappa shape index (κ2) is 9.73. The molecule has 3 rings (SSSR count). The third kappa shape index (κ3) is 5.47. The van der Waals surface area contributed by atoms with Gasteiger partial charge in [-0.15, -0.1) is 0 Å². The zero-order chi connectivity index (χ0) is 20.8. The van der Waals surface area contributed by atoms with Crippen LogP contribution in [0, 0.1) is 0 Å². The monoisotopic (exact) mass is 431 g/mol. The molecule has 0 bridgehead atoms. The molecule has 0 saturated carbocycles. The van der Waals surface area contributed by atoms with Crippen molar-refractivity contribution >= 4 is 45.5 Å². The van der Waals surface area contributed by atoms with Gasteiger partial charge >= 0.3 is 0 Å². The van der Waals surface area contributed by atoms with Crippen molar-refractivity contribution in [3.8, 4) is 5.75 Å². The van der Waals surface area contributed by atoms with Gasteiger partial charge in [-0.1, -0.05) is 17.7 Å². The largest absolute Gasteiger partial charge is 0.497 e. The molecule has 2 aromatic carbocycles. The number of aromatic amines is 1. The summed E-state index contributed by atoms with van der Waals surface area (Å²) >= 11 is 11.6. The van der Waals surface area contributed by atoms with Gasteiger partial charge in [0.2, 0.25) is 0 Å². The minimum absolute atomic E-state index is 0.0293. The van der Waals surface area contributed by atoms with E-state index in [2.05, 4.69) is 10.3 Å². The van der Waals surface area contributed by atoms with Crippen molar-refractivity contribution in [2.75, 3.05) is 25.6 Å². The molecular formula is C21H22ClN3O3S. The molecule has 0 fully saturated rings. The van der Waals surface area contributed by atoms with E-state index in [9.17, 15) is 9.90 Å². The number of ether oxygens (including phenoxy) is 1. The van der Waals surface area contributed by atoms with Gasteiger partial charge in [-0.3, -0.25) is 4.79 Å². The molecule has 152 valence electrons. The number of H-pyrrole nitrogens is 1. The lowest BCUT2D eigenvalue weighted by atomic mass is 10.1. The van der Waals surface area contributed by atoms with E-state index >= 15 is 0 Å². The van der Waals surface area contributed by atoms with Crippen molar-refractivity contribution in [1.29, 1.82) is 0 Å². The predicted octanol–water partition coefficient (Wildman–Crippen LogP) is 3.77. The maximum atomic E-state index is 12.6.